The van der Waals surface area contributed by atoms with E-state index in [2.05, 4.69) is 10.2 Å². The first kappa shape index (κ1) is 13.0. The molecule has 18 heavy (non-hydrogen) atoms. The molecule has 2 rings (SSSR count). The summed E-state index contributed by atoms with van der Waals surface area (Å²) in [5, 5.41) is 8.65. The Morgan fingerprint density at radius 2 is 2.17 bits per heavy atom. The van der Waals surface area contributed by atoms with E-state index in [1.54, 1.807) is 6.07 Å². The van der Waals surface area contributed by atoms with Crippen LogP contribution in [0.25, 0.3) is 0 Å². The lowest BCUT2D eigenvalue weighted by Gasteiger charge is -2.04. The van der Waals surface area contributed by atoms with Crippen molar-refractivity contribution in [1.82, 2.24) is 10.2 Å². The maximum atomic E-state index is 13.7. The number of benzene rings is 1. The molecular formula is C11H10FN3OS2. The van der Waals surface area contributed by atoms with Crippen LogP contribution in [0.3, 0.4) is 0 Å². The van der Waals surface area contributed by atoms with E-state index in [0.717, 1.165) is 16.9 Å². The molecule has 0 aliphatic heterocycles. The molecule has 4 nitrogen and oxygen atoms in total. The fraction of sp³-hybridized carbons (Fsp3) is 0.182. The first-order valence-corrected chi connectivity index (χ1v) is 6.67. The lowest BCUT2D eigenvalue weighted by Crippen LogP contribution is -2.07. The largest absolute Gasteiger partial charge is 0.353 e. The van der Waals surface area contributed by atoms with Crippen LogP contribution >= 0.6 is 23.1 Å². The van der Waals surface area contributed by atoms with Crippen LogP contribution in [0.5, 0.6) is 0 Å². The van der Waals surface area contributed by atoms with Gasteiger partial charge < -0.3 is 4.90 Å². The van der Waals surface area contributed by atoms with Crippen LogP contribution in [-0.4, -0.2) is 30.6 Å². The molecule has 0 radical (unpaired) electrons. The molecule has 0 atom stereocenters. The predicted octanol–water partition coefficient (Wildman–Crippen LogP) is 2.71. The van der Waals surface area contributed by atoms with Gasteiger partial charge in [0.25, 0.3) is 0 Å². The molecule has 0 saturated heterocycles. The van der Waals surface area contributed by atoms with E-state index in [-0.39, 0.29) is 4.90 Å². The molecule has 2 aromatic rings. The Hall–Kier alpha value is -1.47. The number of aromatic nitrogens is 2. The number of rotatable bonds is 4. The van der Waals surface area contributed by atoms with Gasteiger partial charge in [-0.3, -0.25) is 4.79 Å². The number of hydrogen-bond acceptors (Lipinski definition) is 6. The van der Waals surface area contributed by atoms with Crippen LogP contribution in [0.1, 0.15) is 10.4 Å². The third-order valence-electron chi connectivity index (χ3n) is 2.09. The Balaban J connectivity index is 2.30. The van der Waals surface area contributed by atoms with Gasteiger partial charge in [-0.1, -0.05) is 35.2 Å². The second kappa shape index (κ2) is 5.45. The zero-order valence-electron chi connectivity index (χ0n) is 9.75. The van der Waals surface area contributed by atoms with E-state index in [1.165, 1.54) is 23.5 Å². The molecule has 0 aliphatic carbocycles. The molecule has 0 aliphatic rings. The van der Waals surface area contributed by atoms with Gasteiger partial charge >= 0.3 is 0 Å². The van der Waals surface area contributed by atoms with Crippen molar-refractivity contribution in [3.8, 4) is 0 Å². The number of carbonyl (C=O) groups excluding carboxylic acids is 1. The van der Waals surface area contributed by atoms with Crippen molar-refractivity contribution in [3.63, 3.8) is 0 Å². The summed E-state index contributed by atoms with van der Waals surface area (Å²) in [4.78, 5) is 13.0. The summed E-state index contributed by atoms with van der Waals surface area (Å²) in [6.45, 7) is 0. The van der Waals surface area contributed by atoms with Gasteiger partial charge in [0.2, 0.25) is 5.13 Å². The topological polar surface area (TPSA) is 46.1 Å². The normalized spacial score (nSPS) is 10.4. The minimum Gasteiger partial charge on any atom is -0.353 e. The van der Waals surface area contributed by atoms with E-state index in [0.29, 0.717) is 16.2 Å². The Bertz CT molecular complexity index is 571. The van der Waals surface area contributed by atoms with Gasteiger partial charge in [0.05, 0.1) is 4.90 Å². The van der Waals surface area contributed by atoms with Gasteiger partial charge in [0.1, 0.15) is 5.82 Å². The molecule has 0 N–H and O–H groups in total. The quantitative estimate of drug-likeness (QED) is 0.807. The van der Waals surface area contributed by atoms with Crippen molar-refractivity contribution in [2.45, 2.75) is 9.24 Å². The average Bonchev–Trinajstić information content (AvgIpc) is 2.80. The molecule has 1 aromatic heterocycles. The Kier molecular flexibility index (Phi) is 3.93. The maximum absolute atomic E-state index is 13.7. The van der Waals surface area contributed by atoms with Crippen LogP contribution < -0.4 is 4.90 Å². The Morgan fingerprint density at radius 3 is 2.78 bits per heavy atom. The maximum Gasteiger partial charge on any atom is 0.208 e. The van der Waals surface area contributed by atoms with Gasteiger partial charge in [-0.15, -0.1) is 10.2 Å². The van der Waals surface area contributed by atoms with Crippen molar-refractivity contribution < 1.29 is 9.18 Å². The number of carbonyl (C=O) groups is 1. The van der Waals surface area contributed by atoms with E-state index in [4.69, 9.17) is 0 Å². The Morgan fingerprint density at radius 1 is 1.39 bits per heavy atom. The number of hydrogen-bond donors (Lipinski definition) is 0. The van der Waals surface area contributed by atoms with Crippen LogP contribution in [0, 0.1) is 5.82 Å². The van der Waals surface area contributed by atoms with Gasteiger partial charge in [0, 0.05) is 19.7 Å². The Labute approximate surface area is 112 Å². The lowest BCUT2D eigenvalue weighted by atomic mass is 10.2. The molecule has 1 aromatic carbocycles. The van der Waals surface area contributed by atoms with Crippen LogP contribution in [0.2, 0.25) is 0 Å². The zero-order valence-corrected chi connectivity index (χ0v) is 11.4. The SMILES string of the molecule is CN(C)c1nnc(Sc2c(F)cccc2C=O)s1. The first-order valence-electron chi connectivity index (χ1n) is 5.04. The smallest absolute Gasteiger partial charge is 0.208 e. The molecule has 7 heteroatoms. The third-order valence-corrected chi connectivity index (χ3v) is 4.37. The van der Waals surface area contributed by atoms with Gasteiger partial charge in [-0.25, -0.2) is 4.39 Å². The standard InChI is InChI=1S/C11H10FN3OS2/c1-15(2)10-13-14-11(18-10)17-9-7(6-16)4-3-5-8(9)12/h3-6H,1-2H3. The number of halogens is 1. The summed E-state index contributed by atoms with van der Waals surface area (Å²) in [5.41, 5.74) is 0.321. The van der Waals surface area contributed by atoms with E-state index in [1.807, 2.05) is 19.0 Å². The highest BCUT2D eigenvalue weighted by Gasteiger charge is 2.13. The van der Waals surface area contributed by atoms with Crippen molar-refractivity contribution in [1.29, 1.82) is 0 Å². The summed E-state index contributed by atoms with van der Waals surface area (Å²) >= 11 is 2.46. The number of nitrogens with zero attached hydrogens (tertiary/aromatic N) is 3. The molecule has 94 valence electrons. The highest BCUT2D eigenvalue weighted by atomic mass is 32.2. The van der Waals surface area contributed by atoms with Crippen molar-refractivity contribution >= 4 is 34.5 Å². The average molecular weight is 283 g/mol. The molecular weight excluding hydrogens is 273 g/mol. The second-order valence-electron chi connectivity index (χ2n) is 3.62. The number of aldehydes is 1. The molecule has 0 bridgehead atoms. The molecule has 0 saturated carbocycles. The van der Waals surface area contributed by atoms with Gasteiger partial charge in [-0.05, 0) is 6.07 Å². The highest BCUT2D eigenvalue weighted by molar-refractivity contribution is 8.01. The lowest BCUT2D eigenvalue weighted by molar-refractivity contribution is 0.112. The van der Waals surface area contributed by atoms with Crippen molar-refractivity contribution in [3.05, 3.63) is 29.6 Å². The molecule has 0 spiro atoms. The minimum atomic E-state index is -0.425. The molecule has 0 unspecified atom stereocenters. The summed E-state index contributed by atoms with van der Waals surface area (Å²) in [7, 11) is 3.71. The van der Waals surface area contributed by atoms with Gasteiger partial charge in [0.15, 0.2) is 10.6 Å². The fourth-order valence-corrected chi connectivity index (χ4v) is 3.04. The summed E-state index contributed by atoms with van der Waals surface area (Å²) < 4.78 is 14.3. The molecule has 1 heterocycles. The predicted molar refractivity (Wildman–Crippen MR) is 70.1 cm³/mol. The fourth-order valence-electron chi connectivity index (χ4n) is 1.24. The zero-order chi connectivity index (χ0) is 13.1. The van der Waals surface area contributed by atoms with Crippen LogP contribution in [0.15, 0.2) is 27.4 Å². The van der Waals surface area contributed by atoms with Crippen LogP contribution in [0.4, 0.5) is 9.52 Å². The van der Waals surface area contributed by atoms with Gasteiger partial charge in [-0.2, -0.15) is 0 Å². The summed E-state index contributed by atoms with van der Waals surface area (Å²) in [5.74, 6) is -0.425. The second-order valence-corrected chi connectivity index (χ2v) is 5.84. The van der Waals surface area contributed by atoms with E-state index >= 15 is 0 Å². The number of anilines is 1. The first-order chi connectivity index (χ1) is 8.61. The van der Waals surface area contributed by atoms with Crippen molar-refractivity contribution in [2.75, 3.05) is 19.0 Å². The monoisotopic (exact) mass is 283 g/mol. The van der Waals surface area contributed by atoms with Crippen LogP contribution in [-0.2, 0) is 0 Å². The molecule has 0 fully saturated rings. The molecule has 0 amide bonds. The van der Waals surface area contributed by atoms with Crippen molar-refractivity contribution in [2.24, 2.45) is 0 Å². The highest BCUT2D eigenvalue weighted by Crippen LogP contribution is 2.35. The summed E-state index contributed by atoms with van der Waals surface area (Å²) in [6.07, 6.45) is 0.638. The third kappa shape index (κ3) is 2.68. The summed E-state index contributed by atoms with van der Waals surface area (Å²) in [6, 6.07) is 4.41. The van der Waals surface area contributed by atoms with E-state index < -0.39 is 5.82 Å². The minimum absolute atomic E-state index is 0.286. The van der Waals surface area contributed by atoms with E-state index in [9.17, 15) is 9.18 Å².